The maximum Gasteiger partial charge on any atom is 0.103 e. The Morgan fingerprint density at radius 3 is 3.00 bits per heavy atom. The Morgan fingerprint density at radius 2 is 2.30 bits per heavy atom. The molecule has 0 fully saturated rings. The SMILES string of the molecule is CC1=CCCC(C)C(F)=C1. The first-order chi connectivity index (χ1) is 4.70. The summed E-state index contributed by atoms with van der Waals surface area (Å²) in [4.78, 5) is 0. The van der Waals surface area contributed by atoms with E-state index >= 15 is 0 Å². The van der Waals surface area contributed by atoms with Crippen molar-refractivity contribution < 1.29 is 4.39 Å². The van der Waals surface area contributed by atoms with E-state index in [0.717, 1.165) is 18.4 Å². The third kappa shape index (κ3) is 1.69. The zero-order valence-electron chi connectivity index (χ0n) is 6.52. The zero-order chi connectivity index (χ0) is 7.56. The minimum Gasteiger partial charge on any atom is -0.212 e. The normalized spacial score (nSPS) is 26.9. The predicted molar refractivity (Wildman–Crippen MR) is 41.3 cm³/mol. The first-order valence-corrected chi connectivity index (χ1v) is 3.74. The summed E-state index contributed by atoms with van der Waals surface area (Å²) in [6.07, 6.45) is 5.68. The van der Waals surface area contributed by atoms with Gasteiger partial charge < -0.3 is 0 Å². The highest BCUT2D eigenvalue weighted by Crippen LogP contribution is 2.23. The lowest BCUT2D eigenvalue weighted by Crippen LogP contribution is -1.91. The Labute approximate surface area is 61.4 Å². The molecule has 0 amide bonds. The van der Waals surface area contributed by atoms with Gasteiger partial charge in [0.1, 0.15) is 5.83 Å². The second-order valence-electron chi connectivity index (χ2n) is 2.96. The van der Waals surface area contributed by atoms with Gasteiger partial charge in [0.05, 0.1) is 0 Å². The molecule has 1 atom stereocenters. The standard InChI is InChI=1S/C9H13F/c1-7-4-3-5-8(2)9(10)6-7/h4,6,8H,3,5H2,1-2H3. The molecule has 0 saturated carbocycles. The van der Waals surface area contributed by atoms with Crippen molar-refractivity contribution in [2.24, 2.45) is 5.92 Å². The van der Waals surface area contributed by atoms with Gasteiger partial charge in [0.2, 0.25) is 0 Å². The van der Waals surface area contributed by atoms with Gasteiger partial charge in [-0.3, -0.25) is 0 Å². The van der Waals surface area contributed by atoms with Crippen LogP contribution >= 0.6 is 0 Å². The molecule has 0 bridgehead atoms. The highest BCUT2D eigenvalue weighted by Gasteiger charge is 2.09. The van der Waals surface area contributed by atoms with Crippen molar-refractivity contribution in [1.82, 2.24) is 0 Å². The van der Waals surface area contributed by atoms with E-state index in [2.05, 4.69) is 6.08 Å². The molecule has 10 heavy (non-hydrogen) atoms. The fraction of sp³-hybridized carbons (Fsp3) is 0.556. The summed E-state index contributed by atoms with van der Waals surface area (Å²) < 4.78 is 12.9. The molecular formula is C9H13F. The van der Waals surface area contributed by atoms with Crippen molar-refractivity contribution >= 4 is 0 Å². The van der Waals surface area contributed by atoms with Gasteiger partial charge in [-0.15, -0.1) is 0 Å². The van der Waals surface area contributed by atoms with Crippen molar-refractivity contribution in [3.05, 3.63) is 23.6 Å². The van der Waals surface area contributed by atoms with Crippen LogP contribution in [-0.2, 0) is 0 Å². The summed E-state index contributed by atoms with van der Waals surface area (Å²) in [5.41, 5.74) is 1.06. The fourth-order valence-electron chi connectivity index (χ4n) is 1.12. The summed E-state index contributed by atoms with van der Waals surface area (Å²) in [6, 6.07) is 0. The summed E-state index contributed by atoms with van der Waals surface area (Å²) in [5, 5.41) is 0. The molecule has 56 valence electrons. The summed E-state index contributed by atoms with van der Waals surface area (Å²) >= 11 is 0. The molecular weight excluding hydrogens is 127 g/mol. The number of allylic oxidation sites excluding steroid dienone is 4. The number of halogens is 1. The highest BCUT2D eigenvalue weighted by atomic mass is 19.1. The number of hydrogen-bond donors (Lipinski definition) is 0. The van der Waals surface area contributed by atoms with E-state index < -0.39 is 0 Å². The van der Waals surface area contributed by atoms with Gasteiger partial charge in [-0.1, -0.05) is 18.6 Å². The molecule has 0 saturated heterocycles. The second kappa shape index (κ2) is 3.00. The van der Waals surface area contributed by atoms with Crippen LogP contribution in [0.2, 0.25) is 0 Å². The predicted octanol–water partition coefficient (Wildman–Crippen LogP) is 3.22. The molecule has 0 nitrogen and oxygen atoms in total. The summed E-state index contributed by atoms with van der Waals surface area (Å²) in [7, 11) is 0. The lowest BCUT2D eigenvalue weighted by atomic mass is 10.1. The van der Waals surface area contributed by atoms with E-state index in [4.69, 9.17) is 0 Å². The molecule has 1 rings (SSSR count). The second-order valence-corrected chi connectivity index (χ2v) is 2.96. The van der Waals surface area contributed by atoms with Gasteiger partial charge in [0.25, 0.3) is 0 Å². The van der Waals surface area contributed by atoms with Crippen LogP contribution in [-0.4, -0.2) is 0 Å². The van der Waals surface area contributed by atoms with Crippen molar-refractivity contribution in [1.29, 1.82) is 0 Å². The van der Waals surface area contributed by atoms with Crippen LogP contribution in [0, 0.1) is 5.92 Å². The lowest BCUT2D eigenvalue weighted by molar-refractivity contribution is 0.474. The van der Waals surface area contributed by atoms with Crippen LogP contribution in [0.3, 0.4) is 0 Å². The van der Waals surface area contributed by atoms with Crippen molar-refractivity contribution in [3.63, 3.8) is 0 Å². The maximum absolute atomic E-state index is 12.9. The molecule has 1 unspecified atom stereocenters. The molecule has 0 aromatic heterocycles. The molecule has 0 heterocycles. The molecule has 1 heteroatoms. The zero-order valence-corrected chi connectivity index (χ0v) is 6.52. The third-order valence-electron chi connectivity index (χ3n) is 1.90. The molecule has 0 radical (unpaired) electrons. The van der Waals surface area contributed by atoms with Crippen LogP contribution in [0.4, 0.5) is 4.39 Å². The van der Waals surface area contributed by atoms with Crippen molar-refractivity contribution in [3.8, 4) is 0 Å². The Bertz CT molecular complexity index is 177. The first kappa shape index (κ1) is 7.52. The number of rotatable bonds is 0. The largest absolute Gasteiger partial charge is 0.212 e. The number of hydrogen-bond acceptors (Lipinski definition) is 0. The molecule has 0 aromatic carbocycles. The first-order valence-electron chi connectivity index (χ1n) is 3.74. The molecule has 1 aliphatic carbocycles. The molecule has 1 aliphatic rings. The van der Waals surface area contributed by atoms with Gasteiger partial charge in [-0.25, -0.2) is 4.39 Å². The van der Waals surface area contributed by atoms with Gasteiger partial charge in [0.15, 0.2) is 0 Å². The van der Waals surface area contributed by atoms with E-state index in [0.29, 0.717) is 0 Å². The Balaban J connectivity index is 2.75. The smallest absolute Gasteiger partial charge is 0.103 e. The monoisotopic (exact) mass is 140 g/mol. The van der Waals surface area contributed by atoms with Crippen LogP contribution in [0.1, 0.15) is 26.7 Å². The van der Waals surface area contributed by atoms with Gasteiger partial charge in [-0.2, -0.15) is 0 Å². The van der Waals surface area contributed by atoms with Crippen molar-refractivity contribution in [2.75, 3.05) is 0 Å². The van der Waals surface area contributed by atoms with Gasteiger partial charge >= 0.3 is 0 Å². The Morgan fingerprint density at radius 1 is 1.60 bits per heavy atom. The van der Waals surface area contributed by atoms with Crippen LogP contribution in [0.25, 0.3) is 0 Å². The van der Waals surface area contributed by atoms with Gasteiger partial charge in [-0.05, 0) is 25.8 Å². The maximum atomic E-state index is 12.9. The minimum absolute atomic E-state index is 0.0336. The molecule has 0 aromatic rings. The van der Waals surface area contributed by atoms with Crippen LogP contribution in [0.5, 0.6) is 0 Å². The van der Waals surface area contributed by atoms with Crippen LogP contribution in [0.15, 0.2) is 23.6 Å². The quantitative estimate of drug-likeness (QED) is 0.484. The van der Waals surface area contributed by atoms with E-state index in [1.165, 1.54) is 0 Å². The highest BCUT2D eigenvalue weighted by molar-refractivity contribution is 5.21. The fourth-order valence-corrected chi connectivity index (χ4v) is 1.12. The Hall–Kier alpha value is -0.590. The molecule has 0 aliphatic heterocycles. The van der Waals surface area contributed by atoms with E-state index in [9.17, 15) is 4.39 Å². The molecule has 0 spiro atoms. The average molecular weight is 140 g/mol. The Kier molecular flexibility index (Phi) is 2.25. The van der Waals surface area contributed by atoms with Crippen molar-refractivity contribution in [2.45, 2.75) is 26.7 Å². The molecule has 0 N–H and O–H groups in total. The third-order valence-corrected chi connectivity index (χ3v) is 1.90. The van der Waals surface area contributed by atoms with Gasteiger partial charge in [0, 0.05) is 5.92 Å². The van der Waals surface area contributed by atoms with E-state index in [-0.39, 0.29) is 11.7 Å². The summed E-state index contributed by atoms with van der Waals surface area (Å²) in [5.74, 6) is 0.153. The van der Waals surface area contributed by atoms with E-state index in [1.54, 1.807) is 6.08 Å². The summed E-state index contributed by atoms with van der Waals surface area (Å²) in [6.45, 7) is 3.87. The average Bonchev–Trinajstić information content (AvgIpc) is 1.96. The lowest BCUT2D eigenvalue weighted by Gasteiger charge is -2.03. The topological polar surface area (TPSA) is 0 Å². The van der Waals surface area contributed by atoms with Crippen LogP contribution < -0.4 is 0 Å². The minimum atomic E-state index is 0.0336. The van der Waals surface area contributed by atoms with E-state index in [1.807, 2.05) is 13.8 Å².